The van der Waals surface area contributed by atoms with Gasteiger partial charge in [0.05, 0.1) is 13.0 Å². The first-order valence-corrected chi connectivity index (χ1v) is 5.28. The number of carbonyl (C=O) groups excluding carboxylic acids is 1. The van der Waals surface area contributed by atoms with Crippen LogP contribution in [0.15, 0.2) is 0 Å². The van der Waals surface area contributed by atoms with Crippen molar-refractivity contribution in [2.24, 2.45) is 11.8 Å². The molecule has 0 heterocycles. The highest BCUT2D eigenvalue weighted by atomic mass is 79.9. The minimum absolute atomic E-state index is 0.0104. The summed E-state index contributed by atoms with van der Waals surface area (Å²) in [5, 5.41) is 0. The van der Waals surface area contributed by atoms with Crippen molar-refractivity contribution < 1.29 is 9.53 Å². The van der Waals surface area contributed by atoms with Crippen LogP contribution in [0.5, 0.6) is 0 Å². The first-order valence-electron chi connectivity index (χ1n) is 4.48. The van der Waals surface area contributed by atoms with Gasteiger partial charge in [0.25, 0.3) is 0 Å². The summed E-state index contributed by atoms with van der Waals surface area (Å²) in [6.45, 7) is 0. The van der Waals surface area contributed by atoms with E-state index in [0.29, 0.717) is 0 Å². The number of hydrogen-bond acceptors (Lipinski definition) is 2. The average Bonchev–Trinajstić information content (AvgIpc) is 2.18. The van der Waals surface area contributed by atoms with E-state index in [-0.39, 0.29) is 17.8 Å². The van der Waals surface area contributed by atoms with Crippen LogP contribution in [0, 0.1) is 22.6 Å². The molecule has 3 heteroatoms. The SMILES string of the molecule is COC(=O)C1CCCCC1C#CBr. The van der Waals surface area contributed by atoms with E-state index in [1.807, 2.05) is 0 Å². The molecule has 0 aromatic carbocycles. The average molecular weight is 245 g/mol. The molecule has 1 fully saturated rings. The topological polar surface area (TPSA) is 26.3 Å². The number of carbonyl (C=O) groups is 1. The van der Waals surface area contributed by atoms with Crippen LogP contribution in [0.1, 0.15) is 25.7 Å². The van der Waals surface area contributed by atoms with Gasteiger partial charge < -0.3 is 4.74 Å². The third kappa shape index (κ3) is 2.73. The van der Waals surface area contributed by atoms with Crippen molar-refractivity contribution in [3.63, 3.8) is 0 Å². The molecular formula is C10H13BrO2. The zero-order valence-electron chi connectivity index (χ0n) is 7.68. The van der Waals surface area contributed by atoms with Crippen molar-refractivity contribution in [1.82, 2.24) is 0 Å². The molecule has 13 heavy (non-hydrogen) atoms. The summed E-state index contributed by atoms with van der Waals surface area (Å²) < 4.78 is 4.74. The second kappa shape index (κ2) is 5.29. The van der Waals surface area contributed by atoms with E-state index < -0.39 is 0 Å². The van der Waals surface area contributed by atoms with Gasteiger partial charge in [-0.3, -0.25) is 4.79 Å². The highest BCUT2D eigenvalue weighted by Crippen LogP contribution is 2.30. The largest absolute Gasteiger partial charge is 0.469 e. The molecule has 2 nitrogen and oxygen atoms in total. The Morgan fingerprint density at radius 2 is 2.15 bits per heavy atom. The molecule has 0 radical (unpaired) electrons. The van der Waals surface area contributed by atoms with Crippen LogP contribution in [0.2, 0.25) is 0 Å². The molecule has 0 aromatic heterocycles. The molecule has 72 valence electrons. The molecule has 0 saturated heterocycles. The van der Waals surface area contributed by atoms with Gasteiger partial charge in [-0.25, -0.2) is 0 Å². The maximum absolute atomic E-state index is 11.3. The zero-order valence-corrected chi connectivity index (χ0v) is 9.26. The summed E-state index contributed by atoms with van der Waals surface area (Å²) in [6.07, 6.45) is 4.21. The van der Waals surface area contributed by atoms with E-state index in [1.54, 1.807) is 0 Å². The fourth-order valence-electron chi connectivity index (χ4n) is 1.81. The normalized spacial score (nSPS) is 27.2. The first kappa shape index (κ1) is 10.6. The molecule has 1 rings (SSSR count). The van der Waals surface area contributed by atoms with Gasteiger partial charge in [0.15, 0.2) is 0 Å². The van der Waals surface area contributed by atoms with Gasteiger partial charge in [0.2, 0.25) is 0 Å². The number of rotatable bonds is 1. The summed E-state index contributed by atoms with van der Waals surface area (Å²) in [6, 6.07) is 0. The van der Waals surface area contributed by atoms with Gasteiger partial charge in [0, 0.05) is 21.8 Å². The van der Waals surface area contributed by atoms with E-state index in [2.05, 4.69) is 26.7 Å². The van der Waals surface area contributed by atoms with Crippen LogP contribution in [-0.2, 0) is 9.53 Å². The van der Waals surface area contributed by atoms with Crippen LogP contribution in [-0.4, -0.2) is 13.1 Å². The molecule has 0 N–H and O–H groups in total. The van der Waals surface area contributed by atoms with Gasteiger partial charge in [-0.2, -0.15) is 0 Å². The molecule has 0 bridgehead atoms. The summed E-state index contributed by atoms with van der Waals surface area (Å²) in [5.41, 5.74) is 0. The van der Waals surface area contributed by atoms with Crippen LogP contribution in [0.3, 0.4) is 0 Å². The van der Waals surface area contributed by atoms with Crippen molar-refractivity contribution in [3.05, 3.63) is 0 Å². The first-order chi connectivity index (χ1) is 6.29. The quantitative estimate of drug-likeness (QED) is 0.523. The lowest BCUT2D eigenvalue weighted by Crippen LogP contribution is -2.27. The van der Waals surface area contributed by atoms with Crippen LogP contribution in [0.25, 0.3) is 0 Å². The number of esters is 1. The minimum atomic E-state index is -0.111. The van der Waals surface area contributed by atoms with Crippen molar-refractivity contribution in [1.29, 1.82) is 0 Å². The van der Waals surface area contributed by atoms with Crippen molar-refractivity contribution in [3.8, 4) is 10.8 Å². The summed E-state index contributed by atoms with van der Waals surface area (Å²) in [7, 11) is 1.44. The summed E-state index contributed by atoms with van der Waals surface area (Å²) in [5.74, 6) is 3.08. The van der Waals surface area contributed by atoms with Crippen molar-refractivity contribution >= 4 is 21.9 Å². The maximum Gasteiger partial charge on any atom is 0.309 e. The van der Waals surface area contributed by atoms with Gasteiger partial charge in [-0.1, -0.05) is 18.8 Å². The summed E-state index contributed by atoms with van der Waals surface area (Å²) >= 11 is 3.07. The Kier molecular flexibility index (Phi) is 4.31. The van der Waals surface area contributed by atoms with Gasteiger partial charge in [-0.15, -0.1) is 0 Å². The lowest BCUT2D eigenvalue weighted by Gasteiger charge is -2.25. The molecular weight excluding hydrogens is 232 g/mol. The fourth-order valence-corrected chi connectivity index (χ4v) is 2.10. The molecule has 1 saturated carbocycles. The molecule has 1 aliphatic rings. The van der Waals surface area contributed by atoms with E-state index in [4.69, 9.17) is 4.74 Å². The van der Waals surface area contributed by atoms with E-state index >= 15 is 0 Å². The summed E-state index contributed by atoms with van der Waals surface area (Å²) in [4.78, 5) is 14.0. The molecule has 2 atom stereocenters. The molecule has 0 aliphatic heterocycles. The smallest absolute Gasteiger partial charge is 0.309 e. The minimum Gasteiger partial charge on any atom is -0.469 e. The Labute approximate surface area is 87.2 Å². The highest BCUT2D eigenvalue weighted by molar-refractivity contribution is 9.12. The monoisotopic (exact) mass is 244 g/mol. The number of halogens is 1. The van der Waals surface area contributed by atoms with Crippen molar-refractivity contribution in [2.45, 2.75) is 25.7 Å². The third-order valence-electron chi connectivity index (χ3n) is 2.51. The van der Waals surface area contributed by atoms with Gasteiger partial charge >= 0.3 is 5.97 Å². The van der Waals surface area contributed by atoms with Crippen LogP contribution < -0.4 is 0 Å². The van der Waals surface area contributed by atoms with Gasteiger partial charge in [-0.05, 0) is 17.7 Å². The second-order valence-electron chi connectivity index (χ2n) is 3.26. The third-order valence-corrected chi connectivity index (χ3v) is 2.74. The van der Waals surface area contributed by atoms with Crippen LogP contribution >= 0.6 is 15.9 Å². The van der Waals surface area contributed by atoms with Crippen LogP contribution in [0.4, 0.5) is 0 Å². The predicted octanol–water partition coefficient (Wildman–Crippen LogP) is 2.32. The van der Waals surface area contributed by atoms with E-state index in [1.165, 1.54) is 13.5 Å². The Morgan fingerprint density at radius 3 is 2.77 bits per heavy atom. The molecule has 2 unspecified atom stereocenters. The van der Waals surface area contributed by atoms with E-state index in [0.717, 1.165) is 19.3 Å². The lowest BCUT2D eigenvalue weighted by molar-refractivity contribution is -0.147. The number of hydrogen-bond donors (Lipinski definition) is 0. The second-order valence-corrected chi connectivity index (χ2v) is 3.66. The standard InChI is InChI=1S/C10H13BrO2/c1-13-10(12)9-5-3-2-4-8(9)6-7-11/h8-9H,2-5H2,1H3. The number of methoxy groups -OCH3 is 1. The molecule has 0 aromatic rings. The van der Waals surface area contributed by atoms with E-state index in [9.17, 15) is 4.79 Å². The lowest BCUT2D eigenvalue weighted by atomic mass is 9.80. The predicted molar refractivity (Wildman–Crippen MR) is 54.2 cm³/mol. The molecule has 0 spiro atoms. The Balaban J connectivity index is 2.65. The zero-order chi connectivity index (χ0) is 9.68. The Morgan fingerprint density at radius 1 is 1.46 bits per heavy atom. The number of ether oxygens (including phenoxy) is 1. The highest BCUT2D eigenvalue weighted by Gasteiger charge is 2.30. The Hall–Kier alpha value is -0.490. The Bertz CT molecular complexity index is 239. The maximum atomic E-state index is 11.3. The molecule has 0 amide bonds. The fraction of sp³-hybridized carbons (Fsp3) is 0.700. The molecule has 1 aliphatic carbocycles. The van der Waals surface area contributed by atoms with Gasteiger partial charge in [0.1, 0.15) is 0 Å². The van der Waals surface area contributed by atoms with Crippen molar-refractivity contribution in [2.75, 3.05) is 7.11 Å².